The highest BCUT2D eigenvalue weighted by Crippen LogP contribution is 2.26. The molecule has 1 rings (SSSR count). The van der Waals surface area contributed by atoms with Gasteiger partial charge < -0.3 is 20.5 Å². The number of hydrogen-bond acceptors (Lipinski definition) is 5. The second-order valence-electron chi connectivity index (χ2n) is 5.02. The number of nitrogen functional groups attached to an aromatic ring is 1. The lowest BCUT2D eigenvalue weighted by atomic mass is 10.0. The first-order valence-corrected chi connectivity index (χ1v) is 6.24. The van der Waals surface area contributed by atoms with Gasteiger partial charge >= 0.3 is 5.97 Å². The van der Waals surface area contributed by atoms with Gasteiger partial charge in [0.25, 0.3) is 0 Å². The molecule has 0 aliphatic carbocycles. The van der Waals surface area contributed by atoms with E-state index in [1.54, 1.807) is 19.1 Å². The van der Waals surface area contributed by atoms with Gasteiger partial charge in [0.15, 0.2) is 0 Å². The van der Waals surface area contributed by atoms with Crippen molar-refractivity contribution in [3.8, 4) is 0 Å². The Kier molecular flexibility index (Phi) is 4.78. The van der Waals surface area contributed by atoms with E-state index in [1.165, 1.54) is 0 Å². The third-order valence-corrected chi connectivity index (χ3v) is 3.21. The van der Waals surface area contributed by atoms with Gasteiger partial charge in [-0.1, -0.05) is 0 Å². The minimum Gasteiger partial charge on any atom is -0.462 e. The van der Waals surface area contributed by atoms with E-state index < -0.39 is 11.5 Å². The first-order valence-electron chi connectivity index (χ1n) is 6.24. The van der Waals surface area contributed by atoms with Gasteiger partial charge in [-0.25, -0.2) is 4.79 Å². The summed E-state index contributed by atoms with van der Waals surface area (Å²) in [6.45, 7) is 5.88. The van der Waals surface area contributed by atoms with Gasteiger partial charge in [-0.05, 0) is 39.0 Å². The first kappa shape index (κ1) is 15.3. The van der Waals surface area contributed by atoms with Crippen molar-refractivity contribution < 1.29 is 14.6 Å². The van der Waals surface area contributed by atoms with Crippen LogP contribution in [-0.4, -0.2) is 36.9 Å². The number of benzene rings is 1. The summed E-state index contributed by atoms with van der Waals surface area (Å²) in [6.07, 6.45) is 0. The summed E-state index contributed by atoms with van der Waals surface area (Å²) < 4.78 is 4.97. The van der Waals surface area contributed by atoms with Crippen LogP contribution in [0.3, 0.4) is 0 Å². The molecule has 0 saturated heterocycles. The Balaban J connectivity index is 3.12. The zero-order valence-corrected chi connectivity index (χ0v) is 11.9. The van der Waals surface area contributed by atoms with Crippen LogP contribution in [0.1, 0.15) is 31.1 Å². The van der Waals surface area contributed by atoms with Gasteiger partial charge in [0, 0.05) is 18.4 Å². The zero-order valence-electron chi connectivity index (χ0n) is 11.9. The second-order valence-corrected chi connectivity index (χ2v) is 5.02. The number of anilines is 2. The molecule has 5 nitrogen and oxygen atoms in total. The highest BCUT2D eigenvalue weighted by atomic mass is 16.5. The number of likely N-dealkylation sites (N-methyl/N-ethyl adjacent to an activating group) is 1. The quantitative estimate of drug-likeness (QED) is 0.626. The van der Waals surface area contributed by atoms with Crippen LogP contribution in [-0.2, 0) is 4.74 Å². The number of esters is 1. The molecule has 0 atom stereocenters. The standard InChI is InChI=1S/C14H22N2O3/c1-5-19-13(18)11-8-10(6-7-12(11)15)16(4)14(2,3)9-17/h6-8,17H,5,9,15H2,1-4H3. The van der Waals surface area contributed by atoms with Crippen molar-refractivity contribution in [3.63, 3.8) is 0 Å². The molecule has 0 spiro atoms. The number of ether oxygens (including phenoxy) is 1. The highest BCUT2D eigenvalue weighted by Gasteiger charge is 2.24. The van der Waals surface area contributed by atoms with E-state index in [0.717, 1.165) is 5.69 Å². The van der Waals surface area contributed by atoms with Crippen LogP contribution in [0.5, 0.6) is 0 Å². The van der Waals surface area contributed by atoms with Crippen molar-refractivity contribution in [1.29, 1.82) is 0 Å². The Bertz CT molecular complexity index is 458. The molecule has 106 valence electrons. The minimum absolute atomic E-state index is 0.00260. The molecule has 0 fully saturated rings. The first-order chi connectivity index (χ1) is 8.83. The Labute approximate surface area is 114 Å². The normalized spacial score (nSPS) is 11.2. The predicted octanol–water partition coefficient (Wildman–Crippen LogP) is 1.65. The molecule has 0 aliphatic rings. The van der Waals surface area contributed by atoms with Gasteiger partial charge in [0.1, 0.15) is 0 Å². The SMILES string of the molecule is CCOC(=O)c1cc(N(C)C(C)(C)CO)ccc1N. The minimum atomic E-state index is -0.433. The van der Waals surface area contributed by atoms with Gasteiger partial charge in [0.05, 0.1) is 24.3 Å². The van der Waals surface area contributed by atoms with Crippen LogP contribution in [0.4, 0.5) is 11.4 Å². The summed E-state index contributed by atoms with van der Waals surface area (Å²) in [5.74, 6) is -0.433. The van der Waals surface area contributed by atoms with E-state index in [2.05, 4.69) is 0 Å². The molecule has 0 unspecified atom stereocenters. The molecule has 19 heavy (non-hydrogen) atoms. The summed E-state index contributed by atoms with van der Waals surface area (Å²) in [4.78, 5) is 13.7. The molecule has 1 aromatic carbocycles. The summed E-state index contributed by atoms with van der Waals surface area (Å²) in [7, 11) is 1.86. The molecule has 0 saturated carbocycles. The van der Waals surface area contributed by atoms with E-state index in [-0.39, 0.29) is 6.61 Å². The van der Waals surface area contributed by atoms with Crippen molar-refractivity contribution in [1.82, 2.24) is 0 Å². The molecule has 3 N–H and O–H groups in total. The predicted molar refractivity (Wildman–Crippen MR) is 76.4 cm³/mol. The topological polar surface area (TPSA) is 75.8 Å². The largest absolute Gasteiger partial charge is 0.462 e. The fourth-order valence-corrected chi connectivity index (χ4v) is 1.59. The van der Waals surface area contributed by atoms with Crippen molar-refractivity contribution in [2.45, 2.75) is 26.3 Å². The number of hydrogen-bond donors (Lipinski definition) is 2. The lowest BCUT2D eigenvalue weighted by Gasteiger charge is -2.36. The molecule has 0 bridgehead atoms. The van der Waals surface area contributed by atoms with E-state index in [0.29, 0.717) is 17.9 Å². The average Bonchev–Trinajstić information content (AvgIpc) is 2.38. The molecular formula is C14H22N2O3. The molecule has 0 radical (unpaired) electrons. The van der Waals surface area contributed by atoms with Gasteiger partial charge in [-0.3, -0.25) is 0 Å². The maximum Gasteiger partial charge on any atom is 0.340 e. The summed E-state index contributed by atoms with van der Waals surface area (Å²) in [5.41, 5.74) is 6.90. The molecule has 0 amide bonds. The summed E-state index contributed by atoms with van der Waals surface area (Å²) in [6, 6.07) is 5.17. The average molecular weight is 266 g/mol. The lowest BCUT2D eigenvalue weighted by molar-refractivity contribution is 0.0527. The lowest BCUT2D eigenvalue weighted by Crippen LogP contribution is -2.44. The molecule has 5 heteroatoms. The smallest absolute Gasteiger partial charge is 0.340 e. The molecule has 0 heterocycles. The van der Waals surface area contributed by atoms with Gasteiger partial charge in [0.2, 0.25) is 0 Å². The number of rotatable bonds is 5. The maximum absolute atomic E-state index is 11.8. The monoisotopic (exact) mass is 266 g/mol. The van der Waals surface area contributed by atoms with Gasteiger partial charge in [-0.2, -0.15) is 0 Å². The van der Waals surface area contributed by atoms with Crippen LogP contribution >= 0.6 is 0 Å². The van der Waals surface area contributed by atoms with E-state index >= 15 is 0 Å². The van der Waals surface area contributed by atoms with Crippen LogP contribution in [0.15, 0.2) is 18.2 Å². The summed E-state index contributed by atoms with van der Waals surface area (Å²) >= 11 is 0. The van der Waals surface area contributed by atoms with Crippen molar-refractivity contribution >= 4 is 17.3 Å². The summed E-state index contributed by atoms with van der Waals surface area (Å²) in [5, 5.41) is 9.39. The number of carbonyl (C=O) groups is 1. The fraction of sp³-hybridized carbons (Fsp3) is 0.500. The molecule has 1 aromatic rings. The third kappa shape index (κ3) is 3.38. The van der Waals surface area contributed by atoms with E-state index in [4.69, 9.17) is 10.5 Å². The third-order valence-electron chi connectivity index (χ3n) is 3.21. The number of aliphatic hydroxyl groups is 1. The molecular weight excluding hydrogens is 244 g/mol. The van der Waals surface area contributed by atoms with E-state index in [9.17, 15) is 9.90 Å². The number of nitrogens with zero attached hydrogens (tertiary/aromatic N) is 1. The van der Waals surface area contributed by atoms with Crippen LogP contribution in [0, 0.1) is 0 Å². The fourth-order valence-electron chi connectivity index (χ4n) is 1.59. The van der Waals surface area contributed by atoms with Crippen molar-refractivity contribution in [2.24, 2.45) is 0 Å². The maximum atomic E-state index is 11.8. The highest BCUT2D eigenvalue weighted by molar-refractivity contribution is 5.96. The van der Waals surface area contributed by atoms with Crippen molar-refractivity contribution in [3.05, 3.63) is 23.8 Å². The number of aliphatic hydroxyl groups excluding tert-OH is 1. The number of nitrogens with two attached hydrogens (primary N) is 1. The Morgan fingerprint density at radius 2 is 2.11 bits per heavy atom. The molecule has 0 aromatic heterocycles. The van der Waals surface area contributed by atoms with Crippen molar-refractivity contribution in [2.75, 3.05) is 30.9 Å². The second kappa shape index (κ2) is 5.93. The van der Waals surface area contributed by atoms with Crippen LogP contribution < -0.4 is 10.6 Å². The zero-order chi connectivity index (χ0) is 14.6. The Morgan fingerprint density at radius 1 is 1.47 bits per heavy atom. The van der Waals surface area contributed by atoms with Crippen LogP contribution in [0.2, 0.25) is 0 Å². The van der Waals surface area contributed by atoms with Gasteiger partial charge in [-0.15, -0.1) is 0 Å². The Hall–Kier alpha value is -1.75. The van der Waals surface area contributed by atoms with Crippen LogP contribution in [0.25, 0.3) is 0 Å². The Morgan fingerprint density at radius 3 is 2.63 bits per heavy atom. The number of carbonyl (C=O) groups excluding carboxylic acids is 1. The molecule has 0 aliphatic heterocycles. The van der Waals surface area contributed by atoms with E-state index in [1.807, 2.05) is 31.9 Å².